The van der Waals surface area contributed by atoms with Gasteiger partial charge in [-0.15, -0.1) is 0 Å². The summed E-state index contributed by atoms with van der Waals surface area (Å²) >= 11 is 0. The zero-order chi connectivity index (χ0) is 11.6. The van der Waals surface area contributed by atoms with E-state index in [0.717, 1.165) is 12.1 Å². The zero-order valence-corrected chi connectivity index (χ0v) is 9.99. The fourth-order valence-electron chi connectivity index (χ4n) is 1.20. The molecule has 1 aromatic rings. The molecule has 0 aromatic heterocycles. The minimum atomic E-state index is 0.495. The third-order valence-electron chi connectivity index (χ3n) is 1.98. The van der Waals surface area contributed by atoms with Crippen molar-refractivity contribution in [1.29, 1.82) is 0 Å². The molecule has 0 bridgehead atoms. The largest absolute Gasteiger partial charge is 0.367 e. The second-order valence-corrected chi connectivity index (χ2v) is 3.83. The molecular weight excluding hydrogens is 198 g/mol. The molecule has 2 nitrogen and oxygen atoms in total. The van der Waals surface area contributed by atoms with Gasteiger partial charge < -0.3 is 10.1 Å². The van der Waals surface area contributed by atoms with Gasteiger partial charge in [-0.3, -0.25) is 0 Å². The Morgan fingerprint density at radius 3 is 2.69 bits per heavy atom. The molecule has 86 valence electrons. The lowest BCUT2D eigenvalue weighted by Gasteiger charge is -2.06. The van der Waals surface area contributed by atoms with E-state index in [9.17, 15) is 0 Å². The third kappa shape index (κ3) is 6.23. The van der Waals surface area contributed by atoms with Crippen LogP contribution in [0.3, 0.4) is 0 Å². The van der Waals surface area contributed by atoms with E-state index in [1.54, 1.807) is 0 Å². The summed E-state index contributed by atoms with van der Waals surface area (Å²) in [6.07, 6.45) is 0. The third-order valence-corrected chi connectivity index (χ3v) is 1.98. The molecule has 1 aromatic carbocycles. The molecule has 0 radical (unpaired) electrons. The van der Waals surface area contributed by atoms with Crippen LogP contribution in [-0.4, -0.2) is 25.8 Å². The Bertz CT molecular complexity index is 335. The number of hydrogen-bond donors (Lipinski definition) is 1. The van der Waals surface area contributed by atoms with Crippen LogP contribution >= 0.6 is 0 Å². The first-order chi connectivity index (χ1) is 7.79. The molecular formula is C14H19NO. The van der Waals surface area contributed by atoms with Crippen molar-refractivity contribution >= 4 is 0 Å². The summed E-state index contributed by atoms with van der Waals surface area (Å²) in [4.78, 5) is 0. The van der Waals surface area contributed by atoms with Crippen LogP contribution in [0.1, 0.15) is 19.4 Å². The average Bonchev–Trinajstić information content (AvgIpc) is 2.29. The molecule has 0 heterocycles. The van der Waals surface area contributed by atoms with Gasteiger partial charge >= 0.3 is 0 Å². The highest BCUT2D eigenvalue weighted by Gasteiger charge is 1.90. The van der Waals surface area contributed by atoms with Crippen LogP contribution < -0.4 is 5.32 Å². The maximum atomic E-state index is 5.37. The fourth-order valence-corrected chi connectivity index (χ4v) is 1.20. The minimum absolute atomic E-state index is 0.495. The Balaban J connectivity index is 2.10. The van der Waals surface area contributed by atoms with Gasteiger partial charge in [0.2, 0.25) is 0 Å². The molecule has 2 heteroatoms. The van der Waals surface area contributed by atoms with Gasteiger partial charge in [-0.1, -0.05) is 43.9 Å². The lowest BCUT2D eigenvalue weighted by Crippen LogP contribution is -2.26. The molecule has 0 fully saturated rings. The summed E-state index contributed by atoms with van der Waals surface area (Å²) in [5.41, 5.74) is 1.03. The summed E-state index contributed by atoms with van der Waals surface area (Å²) in [6.45, 7) is 6.32. The van der Waals surface area contributed by atoms with Crippen molar-refractivity contribution < 1.29 is 4.74 Å². The van der Waals surface area contributed by atoms with Gasteiger partial charge in [-0.2, -0.15) is 0 Å². The van der Waals surface area contributed by atoms with Crippen molar-refractivity contribution in [3.05, 3.63) is 35.9 Å². The van der Waals surface area contributed by atoms with Gasteiger partial charge in [0.15, 0.2) is 0 Å². The SMILES string of the molecule is CC(C)NCCOCC#Cc1ccccc1. The second-order valence-electron chi connectivity index (χ2n) is 3.83. The predicted molar refractivity (Wildman–Crippen MR) is 67.3 cm³/mol. The van der Waals surface area contributed by atoms with Crippen LogP contribution in [0.2, 0.25) is 0 Å². The number of hydrogen-bond acceptors (Lipinski definition) is 2. The molecule has 0 saturated heterocycles. The lowest BCUT2D eigenvalue weighted by atomic mass is 10.2. The standard InChI is InChI=1S/C14H19NO/c1-13(2)15-10-12-16-11-6-9-14-7-4-3-5-8-14/h3-5,7-8,13,15H,10-12H2,1-2H3. The molecule has 0 aliphatic carbocycles. The van der Waals surface area contributed by atoms with Crippen molar-refractivity contribution in [3.63, 3.8) is 0 Å². The Morgan fingerprint density at radius 1 is 1.25 bits per heavy atom. The van der Waals surface area contributed by atoms with Crippen LogP contribution in [0.4, 0.5) is 0 Å². The van der Waals surface area contributed by atoms with Gasteiger partial charge in [-0.05, 0) is 12.1 Å². The van der Waals surface area contributed by atoms with E-state index in [1.165, 1.54) is 0 Å². The van der Waals surface area contributed by atoms with Gasteiger partial charge in [0.1, 0.15) is 6.61 Å². The molecule has 0 unspecified atom stereocenters. The lowest BCUT2D eigenvalue weighted by molar-refractivity contribution is 0.167. The van der Waals surface area contributed by atoms with Gasteiger partial charge in [0.05, 0.1) is 6.61 Å². The number of rotatable bonds is 5. The van der Waals surface area contributed by atoms with Crippen LogP contribution in [0.5, 0.6) is 0 Å². The smallest absolute Gasteiger partial charge is 0.108 e. The first-order valence-electron chi connectivity index (χ1n) is 5.64. The molecule has 0 saturated carbocycles. The van der Waals surface area contributed by atoms with Gasteiger partial charge in [0.25, 0.3) is 0 Å². The summed E-state index contributed by atoms with van der Waals surface area (Å²) in [5, 5.41) is 3.28. The average molecular weight is 217 g/mol. The summed E-state index contributed by atoms with van der Waals surface area (Å²) in [7, 11) is 0. The number of ether oxygens (including phenoxy) is 1. The van der Waals surface area contributed by atoms with Crippen LogP contribution in [-0.2, 0) is 4.74 Å². The molecule has 1 N–H and O–H groups in total. The molecule has 0 aliphatic heterocycles. The van der Waals surface area contributed by atoms with E-state index >= 15 is 0 Å². The van der Waals surface area contributed by atoms with E-state index in [-0.39, 0.29) is 0 Å². The van der Waals surface area contributed by atoms with Crippen molar-refractivity contribution in [2.45, 2.75) is 19.9 Å². The zero-order valence-electron chi connectivity index (χ0n) is 9.99. The highest BCUT2D eigenvalue weighted by Crippen LogP contribution is 1.94. The predicted octanol–water partition coefficient (Wildman–Crippen LogP) is 2.05. The van der Waals surface area contributed by atoms with E-state index < -0.39 is 0 Å². The maximum Gasteiger partial charge on any atom is 0.108 e. The van der Waals surface area contributed by atoms with E-state index in [4.69, 9.17) is 4.74 Å². The molecule has 0 amide bonds. The van der Waals surface area contributed by atoms with E-state index in [1.807, 2.05) is 30.3 Å². The van der Waals surface area contributed by atoms with Gasteiger partial charge in [0, 0.05) is 18.2 Å². The summed E-state index contributed by atoms with van der Waals surface area (Å²) in [5.74, 6) is 6.04. The number of nitrogens with one attached hydrogen (secondary N) is 1. The Hall–Kier alpha value is -1.30. The van der Waals surface area contributed by atoms with Crippen LogP contribution in [0, 0.1) is 11.8 Å². The molecule has 0 aliphatic rings. The van der Waals surface area contributed by atoms with Crippen LogP contribution in [0.25, 0.3) is 0 Å². The van der Waals surface area contributed by atoms with Crippen molar-refractivity contribution in [2.75, 3.05) is 19.8 Å². The van der Waals surface area contributed by atoms with Crippen LogP contribution in [0.15, 0.2) is 30.3 Å². The quantitative estimate of drug-likeness (QED) is 0.602. The summed E-state index contributed by atoms with van der Waals surface area (Å²) < 4.78 is 5.37. The van der Waals surface area contributed by atoms with E-state index in [2.05, 4.69) is 31.0 Å². The Kier molecular flexibility index (Phi) is 6.32. The fraction of sp³-hybridized carbons (Fsp3) is 0.429. The minimum Gasteiger partial charge on any atom is -0.367 e. The number of benzene rings is 1. The Labute approximate surface area is 98.0 Å². The first-order valence-corrected chi connectivity index (χ1v) is 5.64. The normalized spacial score (nSPS) is 9.94. The maximum absolute atomic E-state index is 5.37. The van der Waals surface area contributed by atoms with Gasteiger partial charge in [-0.25, -0.2) is 0 Å². The summed E-state index contributed by atoms with van der Waals surface area (Å²) in [6, 6.07) is 10.5. The highest BCUT2D eigenvalue weighted by atomic mass is 16.5. The molecule has 0 atom stereocenters. The Morgan fingerprint density at radius 2 is 2.00 bits per heavy atom. The molecule has 0 spiro atoms. The molecule has 16 heavy (non-hydrogen) atoms. The molecule has 1 rings (SSSR count). The first kappa shape index (κ1) is 12.8. The van der Waals surface area contributed by atoms with E-state index in [0.29, 0.717) is 19.3 Å². The topological polar surface area (TPSA) is 21.3 Å². The van der Waals surface area contributed by atoms with Crippen molar-refractivity contribution in [2.24, 2.45) is 0 Å². The highest BCUT2D eigenvalue weighted by molar-refractivity contribution is 5.33. The van der Waals surface area contributed by atoms with Crippen molar-refractivity contribution in [3.8, 4) is 11.8 Å². The monoisotopic (exact) mass is 217 g/mol. The van der Waals surface area contributed by atoms with Crippen molar-refractivity contribution in [1.82, 2.24) is 5.32 Å². The second kappa shape index (κ2) is 7.92.